The number of rotatable bonds is 6. The molecular formula is C16H24ClNO. The van der Waals surface area contributed by atoms with Gasteiger partial charge in [0.25, 0.3) is 0 Å². The van der Waals surface area contributed by atoms with E-state index in [1.165, 1.54) is 24.9 Å². The van der Waals surface area contributed by atoms with Crippen molar-refractivity contribution in [2.24, 2.45) is 0 Å². The molecule has 1 fully saturated rings. The average Bonchev–Trinajstić information content (AvgIpc) is 2.81. The molecule has 0 bridgehead atoms. The molecular weight excluding hydrogens is 258 g/mol. The number of ether oxygens (including phenoxy) is 1. The zero-order valence-electron chi connectivity index (χ0n) is 11.9. The first-order valence-electron chi connectivity index (χ1n) is 7.28. The molecule has 1 saturated heterocycles. The predicted molar refractivity (Wildman–Crippen MR) is 80.7 cm³/mol. The van der Waals surface area contributed by atoms with E-state index < -0.39 is 0 Å². The number of halogens is 1. The van der Waals surface area contributed by atoms with E-state index >= 15 is 0 Å². The van der Waals surface area contributed by atoms with Gasteiger partial charge in [-0.05, 0) is 57.4 Å². The summed E-state index contributed by atoms with van der Waals surface area (Å²) in [6.45, 7) is 7.67. The van der Waals surface area contributed by atoms with Gasteiger partial charge in [-0.2, -0.15) is 0 Å². The fraction of sp³-hybridized carbons (Fsp3) is 0.625. The van der Waals surface area contributed by atoms with Crippen LogP contribution in [-0.2, 0) is 4.74 Å². The Hall–Kier alpha value is -0.570. The second kappa shape index (κ2) is 7.28. The van der Waals surface area contributed by atoms with Gasteiger partial charge in [-0.25, -0.2) is 0 Å². The van der Waals surface area contributed by atoms with E-state index in [2.05, 4.69) is 18.7 Å². The molecule has 0 aliphatic carbocycles. The van der Waals surface area contributed by atoms with E-state index in [4.69, 9.17) is 16.3 Å². The summed E-state index contributed by atoms with van der Waals surface area (Å²) in [6.07, 6.45) is 3.96. The van der Waals surface area contributed by atoms with Crippen LogP contribution < -0.4 is 0 Å². The van der Waals surface area contributed by atoms with Crippen LogP contribution in [-0.4, -0.2) is 30.6 Å². The largest absolute Gasteiger partial charge is 0.374 e. The third-order valence-electron chi connectivity index (χ3n) is 3.99. The predicted octanol–water partition coefficient (Wildman–Crippen LogP) is 4.29. The maximum Gasteiger partial charge on any atom is 0.0796 e. The van der Waals surface area contributed by atoms with Crippen LogP contribution in [0, 0.1) is 0 Å². The molecule has 3 heteroatoms. The van der Waals surface area contributed by atoms with Gasteiger partial charge in [0.05, 0.1) is 6.10 Å². The van der Waals surface area contributed by atoms with Gasteiger partial charge in [0, 0.05) is 24.2 Å². The van der Waals surface area contributed by atoms with Crippen molar-refractivity contribution < 1.29 is 4.74 Å². The first-order valence-corrected chi connectivity index (χ1v) is 7.65. The molecule has 0 aromatic heterocycles. The van der Waals surface area contributed by atoms with Crippen LogP contribution in [0.1, 0.15) is 44.8 Å². The molecule has 1 aliphatic heterocycles. The Kier molecular flexibility index (Phi) is 5.68. The quantitative estimate of drug-likeness (QED) is 0.721. The highest BCUT2D eigenvalue weighted by Crippen LogP contribution is 2.20. The number of hydrogen-bond donors (Lipinski definition) is 0. The van der Waals surface area contributed by atoms with E-state index in [1.807, 2.05) is 24.3 Å². The fourth-order valence-electron chi connectivity index (χ4n) is 2.68. The highest BCUT2D eigenvalue weighted by atomic mass is 35.5. The molecule has 0 saturated carbocycles. The maximum atomic E-state index is 5.89. The Morgan fingerprint density at radius 2 is 2.11 bits per heavy atom. The lowest BCUT2D eigenvalue weighted by Crippen LogP contribution is -2.28. The Balaban J connectivity index is 1.66. The minimum Gasteiger partial charge on any atom is -0.374 e. The molecule has 1 aliphatic rings. The van der Waals surface area contributed by atoms with Crippen molar-refractivity contribution >= 4 is 11.6 Å². The summed E-state index contributed by atoms with van der Waals surface area (Å²) < 4.78 is 5.89. The smallest absolute Gasteiger partial charge is 0.0796 e. The zero-order valence-corrected chi connectivity index (χ0v) is 12.7. The molecule has 0 N–H and O–H groups in total. The molecule has 106 valence electrons. The van der Waals surface area contributed by atoms with Crippen molar-refractivity contribution in [1.82, 2.24) is 4.90 Å². The summed E-state index contributed by atoms with van der Waals surface area (Å²) in [6, 6.07) is 8.67. The fourth-order valence-corrected chi connectivity index (χ4v) is 2.81. The molecule has 0 spiro atoms. The van der Waals surface area contributed by atoms with Crippen molar-refractivity contribution in [3.05, 3.63) is 34.9 Å². The zero-order chi connectivity index (χ0) is 13.7. The van der Waals surface area contributed by atoms with Crippen LogP contribution in [0.2, 0.25) is 5.02 Å². The van der Waals surface area contributed by atoms with Crippen LogP contribution in [0.3, 0.4) is 0 Å². The lowest BCUT2D eigenvalue weighted by Gasteiger charge is -2.21. The first-order chi connectivity index (χ1) is 9.16. The van der Waals surface area contributed by atoms with Crippen LogP contribution in [0.15, 0.2) is 24.3 Å². The molecule has 2 rings (SSSR count). The van der Waals surface area contributed by atoms with Crippen molar-refractivity contribution in [2.45, 2.75) is 45.3 Å². The summed E-state index contributed by atoms with van der Waals surface area (Å²) in [5.74, 6) is 0. The van der Waals surface area contributed by atoms with Crippen LogP contribution in [0.25, 0.3) is 0 Å². The maximum absolute atomic E-state index is 5.89. The Labute approximate surface area is 121 Å². The summed E-state index contributed by atoms with van der Waals surface area (Å²) >= 11 is 5.88. The van der Waals surface area contributed by atoms with Gasteiger partial charge in [0.1, 0.15) is 0 Å². The summed E-state index contributed by atoms with van der Waals surface area (Å²) in [4.78, 5) is 2.57. The molecule has 19 heavy (non-hydrogen) atoms. The van der Waals surface area contributed by atoms with Crippen LogP contribution >= 0.6 is 11.6 Å². The minimum atomic E-state index is 0.147. The second-order valence-corrected chi connectivity index (χ2v) is 5.88. The Bertz CT molecular complexity index is 379. The van der Waals surface area contributed by atoms with Gasteiger partial charge < -0.3 is 9.64 Å². The van der Waals surface area contributed by atoms with Crippen LogP contribution in [0.5, 0.6) is 0 Å². The van der Waals surface area contributed by atoms with E-state index in [0.29, 0.717) is 0 Å². The molecule has 1 aromatic carbocycles. The SMILES string of the molecule is CC(OCCCN1CCC[C@@H]1C)c1ccc(Cl)cc1. The highest BCUT2D eigenvalue weighted by Gasteiger charge is 2.19. The number of nitrogens with zero attached hydrogens (tertiary/aromatic N) is 1. The van der Waals surface area contributed by atoms with Gasteiger partial charge in [0.15, 0.2) is 0 Å². The Morgan fingerprint density at radius 3 is 2.74 bits per heavy atom. The molecule has 2 nitrogen and oxygen atoms in total. The summed E-state index contributed by atoms with van der Waals surface area (Å²) in [5.41, 5.74) is 1.19. The summed E-state index contributed by atoms with van der Waals surface area (Å²) in [7, 11) is 0. The normalized spacial score (nSPS) is 21.7. The third kappa shape index (κ3) is 4.48. The van der Waals surface area contributed by atoms with Crippen molar-refractivity contribution in [3.63, 3.8) is 0 Å². The third-order valence-corrected chi connectivity index (χ3v) is 4.24. The lowest BCUT2D eigenvalue weighted by molar-refractivity contribution is 0.0578. The highest BCUT2D eigenvalue weighted by molar-refractivity contribution is 6.30. The van der Waals surface area contributed by atoms with Crippen LogP contribution in [0.4, 0.5) is 0 Å². The molecule has 1 aromatic rings. The first kappa shape index (κ1) is 14.8. The molecule has 0 amide bonds. The van der Waals surface area contributed by atoms with Crippen molar-refractivity contribution in [3.8, 4) is 0 Å². The lowest BCUT2D eigenvalue weighted by atomic mass is 10.1. The topological polar surface area (TPSA) is 12.5 Å². The van der Waals surface area contributed by atoms with E-state index in [0.717, 1.165) is 30.6 Å². The van der Waals surface area contributed by atoms with Gasteiger partial charge in [0.2, 0.25) is 0 Å². The van der Waals surface area contributed by atoms with E-state index in [1.54, 1.807) is 0 Å². The molecule has 2 atom stereocenters. The number of hydrogen-bond acceptors (Lipinski definition) is 2. The van der Waals surface area contributed by atoms with Gasteiger partial charge in [-0.15, -0.1) is 0 Å². The molecule has 1 unspecified atom stereocenters. The van der Waals surface area contributed by atoms with Gasteiger partial charge in [-0.1, -0.05) is 23.7 Å². The minimum absolute atomic E-state index is 0.147. The second-order valence-electron chi connectivity index (χ2n) is 5.45. The average molecular weight is 282 g/mol. The Morgan fingerprint density at radius 1 is 1.37 bits per heavy atom. The standard InChI is InChI=1S/C16H24ClNO/c1-13-5-3-10-18(13)11-4-12-19-14(2)15-6-8-16(17)9-7-15/h6-9,13-14H,3-5,10-12H2,1-2H3/t13-,14?/m0/s1. The van der Waals surface area contributed by atoms with Crippen molar-refractivity contribution in [1.29, 1.82) is 0 Å². The number of benzene rings is 1. The van der Waals surface area contributed by atoms with E-state index in [9.17, 15) is 0 Å². The summed E-state index contributed by atoms with van der Waals surface area (Å²) in [5, 5.41) is 0.777. The number of likely N-dealkylation sites (tertiary alicyclic amines) is 1. The van der Waals surface area contributed by atoms with Gasteiger partial charge in [-0.3, -0.25) is 0 Å². The van der Waals surface area contributed by atoms with E-state index in [-0.39, 0.29) is 6.10 Å². The van der Waals surface area contributed by atoms with Crippen molar-refractivity contribution in [2.75, 3.05) is 19.7 Å². The molecule has 0 radical (unpaired) electrons. The van der Waals surface area contributed by atoms with Gasteiger partial charge >= 0.3 is 0 Å². The monoisotopic (exact) mass is 281 g/mol. The molecule has 1 heterocycles.